The van der Waals surface area contributed by atoms with Crippen molar-refractivity contribution >= 4 is 11.6 Å². The maximum atomic E-state index is 6.33. The van der Waals surface area contributed by atoms with Crippen LogP contribution in [-0.2, 0) is 6.54 Å². The van der Waals surface area contributed by atoms with Gasteiger partial charge < -0.3 is 10.1 Å². The van der Waals surface area contributed by atoms with Crippen LogP contribution in [-0.4, -0.2) is 13.2 Å². The Hall–Kier alpha value is -1.51. The summed E-state index contributed by atoms with van der Waals surface area (Å²) >= 11 is 6.33. The summed E-state index contributed by atoms with van der Waals surface area (Å²) in [5.74, 6) is 0.883. The van der Waals surface area contributed by atoms with Gasteiger partial charge in [0, 0.05) is 23.2 Å². The molecule has 0 radical (unpaired) electrons. The highest BCUT2D eigenvalue weighted by molar-refractivity contribution is 6.33. The lowest BCUT2D eigenvalue weighted by Gasteiger charge is -2.13. The molecule has 0 aliphatic heterocycles. The molecule has 2 nitrogen and oxygen atoms in total. The molecule has 104 valence electrons. The van der Waals surface area contributed by atoms with Gasteiger partial charge in [-0.05, 0) is 42.2 Å². The van der Waals surface area contributed by atoms with E-state index in [4.69, 9.17) is 16.3 Å². The lowest BCUT2D eigenvalue weighted by molar-refractivity contribution is 0.414. The van der Waals surface area contributed by atoms with Crippen LogP contribution in [0.25, 0.3) is 11.1 Å². The average molecular weight is 288 g/mol. The van der Waals surface area contributed by atoms with E-state index in [1.165, 1.54) is 24.0 Å². The van der Waals surface area contributed by atoms with E-state index < -0.39 is 0 Å². The molecule has 0 heterocycles. The van der Waals surface area contributed by atoms with Crippen molar-refractivity contribution in [3.8, 4) is 16.9 Å². The molecule has 20 heavy (non-hydrogen) atoms. The fourth-order valence-electron chi connectivity index (χ4n) is 2.33. The smallest absolute Gasteiger partial charge is 0.119 e. The van der Waals surface area contributed by atoms with E-state index in [9.17, 15) is 0 Å². The molecule has 2 aromatic carbocycles. The number of hydrogen-bond donors (Lipinski definition) is 1. The molecule has 0 aromatic heterocycles. The van der Waals surface area contributed by atoms with Gasteiger partial charge in [-0.3, -0.25) is 0 Å². The van der Waals surface area contributed by atoms with Crippen molar-refractivity contribution in [3.63, 3.8) is 0 Å². The Bertz CT molecular complexity index is 608. The molecule has 0 atom stereocenters. The molecular formula is C17H18ClNO. The Balaban J connectivity index is 1.97. The second-order valence-electron chi connectivity index (χ2n) is 5.16. The van der Waals surface area contributed by atoms with Crippen LogP contribution in [0, 0.1) is 0 Å². The molecule has 1 aliphatic rings. The van der Waals surface area contributed by atoms with Crippen LogP contribution in [0.2, 0.25) is 5.02 Å². The van der Waals surface area contributed by atoms with Crippen LogP contribution in [0.4, 0.5) is 0 Å². The fraction of sp³-hybridized carbons (Fsp3) is 0.294. The summed E-state index contributed by atoms with van der Waals surface area (Å²) in [7, 11) is 1.70. The summed E-state index contributed by atoms with van der Waals surface area (Å²) in [6.45, 7) is 0.850. The van der Waals surface area contributed by atoms with Gasteiger partial charge in [0.25, 0.3) is 0 Å². The molecular weight excluding hydrogens is 270 g/mol. The number of hydrogen-bond acceptors (Lipinski definition) is 2. The van der Waals surface area contributed by atoms with Crippen molar-refractivity contribution in [2.45, 2.75) is 25.4 Å². The van der Waals surface area contributed by atoms with E-state index in [2.05, 4.69) is 23.5 Å². The van der Waals surface area contributed by atoms with Gasteiger partial charge in [0.15, 0.2) is 0 Å². The summed E-state index contributed by atoms with van der Waals surface area (Å²) in [5, 5.41) is 4.34. The fourth-order valence-corrected chi connectivity index (χ4v) is 2.56. The van der Waals surface area contributed by atoms with Crippen molar-refractivity contribution in [1.29, 1.82) is 0 Å². The Morgan fingerprint density at radius 3 is 2.65 bits per heavy atom. The van der Waals surface area contributed by atoms with Crippen LogP contribution in [0.15, 0.2) is 42.5 Å². The minimum Gasteiger partial charge on any atom is -0.497 e. The number of rotatable bonds is 5. The number of nitrogens with one attached hydrogen (secondary N) is 1. The zero-order valence-corrected chi connectivity index (χ0v) is 12.3. The SMILES string of the molecule is COc1ccc(-c2ccccc2Cl)c(CNC2CC2)c1. The highest BCUT2D eigenvalue weighted by atomic mass is 35.5. The van der Waals surface area contributed by atoms with Crippen LogP contribution in [0.5, 0.6) is 5.75 Å². The molecule has 0 unspecified atom stereocenters. The third kappa shape index (κ3) is 2.97. The first-order valence-electron chi connectivity index (χ1n) is 6.93. The molecule has 1 N–H and O–H groups in total. The van der Waals surface area contributed by atoms with Crippen LogP contribution < -0.4 is 10.1 Å². The van der Waals surface area contributed by atoms with Crippen molar-refractivity contribution in [2.75, 3.05) is 7.11 Å². The number of ether oxygens (including phenoxy) is 1. The molecule has 1 fully saturated rings. The Morgan fingerprint density at radius 1 is 1.15 bits per heavy atom. The minimum absolute atomic E-state index is 0.681. The second kappa shape index (κ2) is 5.86. The van der Waals surface area contributed by atoms with E-state index in [-0.39, 0.29) is 0 Å². The minimum atomic E-state index is 0.681. The maximum absolute atomic E-state index is 6.33. The van der Waals surface area contributed by atoms with Crippen LogP contribution >= 0.6 is 11.6 Å². The van der Waals surface area contributed by atoms with Gasteiger partial charge >= 0.3 is 0 Å². The maximum Gasteiger partial charge on any atom is 0.119 e. The van der Waals surface area contributed by atoms with Gasteiger partial charge in [0.1, 0.15) is 5.75 Å². The zero-order chi connectivity index (χ0) is 13.9. The lowest BCUT2D eigenvalue weighted by atomic mass is 9.99. The third-order valence-electron chi connectivity index (χ3n) is 3.63. The first-order chi connectivity index (χ1) is 9.78. The molecule has 0 saturated heterocycles. The first-order valence-corrected chi connectivity index (χ1v) is 7.31. The summed E-state index contributed by atoms with van der Waals surface area (Å²) in [4.78, 5) is 0. The Morgan fingerprint density at radius 2 is 1.95 bits per heavy atom. The van der Waals surface area contributed by atoms with E-state index in [0.717, 1.165) is 22.9 Å². The molecule has 1 saturated carbocycles. The number of halogens is 1. The predicted octanol–water partition coefficient (Wildman–Crippen LogP) is 4.27. The van der Waals surface area contributed by atoms with Gasteiger partial charge in [0.2, 0.25) is 0 Å². The predicted molar refractivity (Wildman–Crippen MR) is 83.3 cm³/mol. The molecule has 0 spiro atoms. The normalized spacial score (nSPS) is 14.3. The summed E-state index contributed by atoms with van der Waals surface area (Å²) in [6.07, 6.45) is 2.57. The standard InChI is InChI=1S/C17H18ClNO/c1-20-14-8-9-15(16-4-2-3-5-17(16)18)12(10-14)11-19-13-6-7-13/h2-5,8-10,13,19H,6-7,11H2,1H3. The van der Waals surface area contributed by atoms with Gasteiger partial charge in [-0.1, -0.05) is 35.9 Å². The molecule has 1 aliphatic carbocycles. The van der Waals surface area contributed by atoms with E-state index in [1.807, 2.05) is 24.3 Å². The van der Waals surface area contributed by atoms with Crippen molar-refractivity contribution in [3.05, 3.63) is 53.1 Å². The molecule has 3 rings (SSSR count). The summed E-state index contributed by atoms with van der Waals surface area (Å²) < 4.78 is 5.34. The van der Waals surface area contributed by atoms with Gasteiger partial charge in [0.05, 0.1) is 7.11 Å². The van der Waals surface area contributed by atoms with E-state index in [0.29, 0.717) is 6.04 Å². The van der Waals surface area contributed by atoms with Crippen LogP contribution in [0.3, 0.4) is 0 Å². The third-order valence-corrected chi connectivity index (χ3v) is 3.96. The largest absolute Gasteiger partial charge is 0.497 e. The Kier molecular flexibility index (Phi) is 3.95. The highest BCUT2D eigenvalue weighted by Gasteiger charge is 2.21. The van der Waals surface area contributed by atoms with Crippen molar-refractivity contribution in [2.24, 2.45) is 0 Å². The zero-order valence-electron chi connectivity index (χ0n) is 11.5. The average Bonchev–Trinajstić information content (AvgIpc) is 3.30. The molecule has 2 aromatic rings. The van der Waals surface area contributed by atoms with Gasteiger partial charge in [-0.2, -0.15) is 0 Å². The van der Waals surface area contributed by atoms with Crippen molar-refractivity contribution < 1.29 is 4.74 Å². The topological polar surface area (TPSA) is 21.3 Å². The van der Waals surface area contributed by atoms with Crippen molar-refractivity contribution in [1.82, 2.24) is 5.32 Å². The van der Waals surface area contributed by atoms with E-state index in [1.54, 1.807) is 7.11 Å². The van der Waals surface area contributed by atoms with E-state index >= 15 is 0 Å². The monoisotopic (exact) mass is 287 g/mol. The Labute approximate surface area is 124 Å². The first kappa shape index (κ1) is 13.5. The number of benzene rings is 2. The van der Waals surface area contributed by atoms with Gasteiger partial charge in [-0.15, -0.1) is 0 Å². The second-order valence-corrected chi connectivity index (χ2v) is 5.57. The van der Waals surface area contributed by atoms with Crippen LogP contribution in [0.1, 0.15) is 18.4 Å². The molecule has 0 bridgehead atoms. The highest BCUT2D eigenvalue weighted by Crippen LogP contribution is 2.33. The molecule has 0 amide bonds. The quantitative estimate of drug-likeness (QED) is 0.887. The molecule has 3 heteroatoms. The summed E-state index contributed by atoms with van der Waals surface area (Å²) in [6, 6.07) is 14.8. The van der Waals surface area contributed by atoms with Gasteiger partial charge in [-0.25, -0.2) is 0 Å². The lowest BCUT2D eigenvalue weighted by Crippen LogP contribution is -2.16. The number of methoxy groups -OCH3 is 1. The summed E-state index contributed by atoms with van der Waals surface area (Å²) in [5.41, 5.74) is 3.47.